The minimum absolute atomic E-state index is 0. The maximum absolute atomic E-state index is 7.19. The Morgan fingerprint density at radius 3 is 1.79 bits per heavy atom. The standard InChI is InChI=1S/C64H61N4O.Pt/c1-61(2,3)47-33-34-65-59(38-47)68-56-32-21-20-31-54(56)60-55(62(4,5)6)40-53(41-57(60)68)69-52-37-49(64(9,10)46-27-18-13-19-28-46)36-51(39-52)67-43-66(42-58(67)44-23-14-11-15-24-44)50-30-22-29-48(35-50)63(7,8)45-25-16-12-17-26-45;/h11-38,40,42-43H,1-10H3;/q-3;. The fourth-order valence-corrected chi connectivity index (χ4v) is 9.74. The molecule has 0 N–H and O–H groups in total. The Hall–Kier alpha value is -6.68. The number of ether oxygens (including phenoxy) is 1. The molecule has 0 amide bonds. The molecule has 1 aliphatic rings. The quantitative estimate of drug-likeness (QED) is 0.128. The molecule has 0 fully saturated rings. The molecular formula is C64H61N4OPt-3. The number of rotatable bonds is 10. The molecule has 3 heterocycles. The van der Waals surface area contributed by atoms with Gasteiger partial charge in [0.2, 0.25) is 0 Å². The molecule has 0 aliphatic carbocycles. The maximum atomic E-state index is 7.19. The van der Waals surface area contributed by atoms with Gasteiger partial charge in [0, 0.05) is 61.1 Å². The van der Waals surface area contributed by atoms with Crippen LogP contribution in [-0.4, -0.2) is 9.55 Å². The molecule has 0 atom stereocenters. The minimum Gasteiger partial charge on any atom is -0.509 e. The van der Waals surface area contributed by atoms with Gasteiger partial charge in [-0.1, -0.05) is 201 Å². The normalized spacial score (nSPS) is 13.4. The van der Waals surface area contributed by atoms with Crippen molar-refractivity contribution in [2.45, 2.75) is 90.9 Å². The number of para-hydroxylation sites is 1. The van der Waals surface area contributed by atoms with Crippen LogP contribution in [0.15, 0.2) is 182 Å². The summed E-state index contributed by atoms with van der Waals surface area (Å²) in [6.07, 6.45) is 4.15. The molecule has 0 unspecified atom stereocenters. The van der Waals surface area contributed by atoms with Crippen LogP contribution in [0.4, 0.5) is 11.4 Å². The number of hydrogen-bond acceptors (Lipinski definition) is 4. The van der Waals surface area contributed by atoms with E-state index in [0.29, 0.717) is 11.5 Å². The summed E-state index contributed by atoms with van der Waals surface area (Å²) in [6, 6.07) is 68.1. The van der Waals surface area contributed by atoms with Crippen molar-refractivity contribution in [2.24, 2.45) is 0 Å². The summed E-state index contributed by atoms with van der Waals surface area (Å²) in [5.74, 6) is 2.07. The summed E-state index contributed by atoms with van der Waals surface area (Å²) in [5.41, 5.74) is 12.4. The van der Waals surface area contributed by atoms with Crippen LogP contribution in [0.25, 0.3) is 33.3 Å². The minimum atomic E-state index is -0.392. The van der Waals surface area contributed by atoms with E-state index in [1.807, 2.05) is 6.20 Å². The van der Waals surface area contributed by atoms with Gasteiger partial charge < -0.3 is 19.1 Å². The van der Waals surface area contributed by atoms with Gasteiger partial charge in [0.05, 0.1) is 0 Å². The van der Waals surface area contributed by atoms with Crippen LogP contribution in [0.5, 0.6) is 11.5 Å². The van der Waals surface area contributed by atoms with E-state index in [9.17, 15) is 0 Å². The number of aromatic nitrogens is 2. The van der Waals surface area contributed by atoms with Gasteiger partial charge in [-0.05, 0) is 86.0 Å². The van der Waals surface area contributed by atoms with Crippen LogP contribution in [0.2, 0.25) is 0 Å². The summed E-state index contributed by atoms with van der Waals surface area (Å²) in [7, 11) is 0. The van der Waals surface area contributed by atoms with Crippen LogP contribution < -0.4 is 14.5 Å². The monoisotopic (exact) mass is 1100 g/mol. The molecule has 6 heteroatoms. The third-order valence-corrected chi connectivity index (χ3v) is 14.0. The zero-order chi connectivity index (χ0) is 48.3. The molecule has 0 bridgehead atoms. The Labute approximate surface area is 429 Å². The summed E-state index contributed by atoms with van der Waals surface area (Å²) in [5, 5.41) is 2.31. The van der Waals surface area contributed by atoms with Crippen molar-refractivity contribution in [3.8, 4) is 17.3 Å². The van der Waals surface area contributed by atoms with Crippen LogP contribution in [0.1, 0.15) is 108 Å². The second kappa shape index (κ2) is 18.6. The Balaban J connectivity index is 0.00000608. The largest absolute Gasteiger partial charge is 0.509 e. The zero-order valence-corrected chi connectivity index (χ0v) is 44.2. The fraction of sp³-hybridized carbons (Fsp3) is 0.219. The Kier molecular flexibility index (Phi) is 12.8. The summed E-state index contributed by atoms with van der Waals surface area (Å²) in [6.45, 7) is 24.9. The van der Waals surface area contributed by atoms with Gasteiger partial charge in [-0.3, -0.25) is 0 Å². The number of pyridine rings is 1. The molecule has 0 saturated carbocycles. The van der Waals surface area contributed by atoms with Gasteiger partial charge in [0.15, 0.2) is 0 Å². The SMILES string of the molecule is CC(C)(C)c1ccnc(-n2c3[c-]c(Oc4[c-]c(N5[CH-]N(c6cccc(C(C)(C)c7ccccc7)c6)C=C5c5ccccc5)cc(C(C)(C)c5ccccc5)c4)cc(C(C)(C)C)c3c3ccccc32)c1.[Pt]. The molecule has 1 aliphatic heterocycles. The molecule has 5 nitrogen and oxygen atoms in total. The molecular weight excluding hydrogens is 1040 g/mol. The molecule has 0 spiro atoms. The summed E-state index contributed by atoms with van der Waals surface area (Å²) in [4.78, 5) is 9.47. The van der Waals surface area contributed by atoms with Gasteiger partial charge >= 0.3 is 0 Å². The molecule has 356 valence electrons. The second-order valence-electron chi connectivity index (χ2n) is 21.6. The zero-order valence-electron chi connectivity index (χ0n) is 41.9. The number of nitrogens with zero attached hydrogens (tertiary/aromatic N) is 4. The summed E-state index contributed by atoms with van der Waals surface area (Å²) < 4.78 is 9.44. The van der Waals surface area contributed by atoms with E-state index in [-0.39, 0.29) is 37.3 Å². The van der Waals surface area contributed by atoms with E-state index in [1.165, 1.54) is 27.8 Å². The van der Waals surface area contributed by atoms with Crippen molar-refractivity contribution < 1.29 is 25.8 Å². The topological polar surface area (TPSA) is 33.5 Å². The van der Waals surface area contributed by atoms with Gasteiger partial charge in [0.1, 0.15) is 5.82 Å². The predicted molar refractivity (Wildman–Crippen MR) is 287 cm³/mol. The maximum Gasteiger partial charge on any atom is 0.135 e. The van der Waals surface area contributed by atoms with E-state index in [4.69, 9.17) is 9.72 Å². The summed E-state index contributed by atoms with van der Waals surface area (Å²) >= 11 is 0. The molecule has 0 saturated heterocycles. The van der Waals surface area contributed by atoms with Crippen molar-refractivity contribution in [2.75, 3.05) is 9.80 Å². The van der Waals surface area contributed by atoms with Gasteiger partial charge in [-0.2, -0.15) is 0 Å². The van der Waals surface area contributed by atoms with Crippen LogP contribution in [0.3, 0.4) is 0 Å². The van der Waals surface area contributed by atoms with Crippen molar-refractivity contribution in [3.63, 3.8) is 0 Å². The van der Waals surface area contributed by atoms with Crippen molar-refractivity contribution in [1.29, 1.82) is 0 Å². The first-order chi connectivity index (χ1) is 33.0. The van der Waals surface area contributed by atoms with E-state index in [1.54, 1.807) is 0 Å². The number of fused-ring (bicyclic) bond motifs is 3. The first-order valence-corrected chi connectivity index (χ1v) is 24.1. The van der Waals surface area contributed by atoms with Gasteiger partial charge in [-0.25, -0.2) is 4.98 Å². The van der Waals surface area contributed by atoms with Crippen LogP contribution >= 0.6 is 0 Å². The van der Waals surface area contributed by atoms with Crippen molar-refractivity contribution >= 4 is 38.9 Å². The van der Waals surface area contributed by atoms with Crippen molar-refractivity contribution in [1.82, 2.24) is 9.55 Å². The average Bonchev–Trinajstić information content (AvgIpc) is 3.95. The van der Waals surface area contributed by atoms with E-state index >= 15 is 0 Å². The Morgan fingerprint density at radius 2 is 1.13 bits per heavy atom. The molecule has 10 rings (SSSR count). The first-order valence-electron chi connectivity index (χ1n) is 24.1. The van der Waals surface area contributed by atoms with E-state index < -0.39 is 5.41 Å². The Bertz CT molecular complexity index is 3360. The predicted octanol–water partition coefficient (Wildman–Crippen LogP) is 16.3. The smallest absolute Gasteiger partial charge is 0.135 e. The molecule has 0 radical (unpaired) electrons. The molecule has 2 aromatic heterocycles. The number of anilines is 2. The third kappa shape index (κ3) is 9.13. The van der Waals surface area contributed by atoms with E-state index in [2.05, 4.69) is 278 Å². The third-order valence-electron chi connectivity index (χ3n) is 14.0. The van der Waals surface area contributed by atoms with Crippen molar-refractivity contribution in [3.05, 3.63) is 240 Å². The van der Waals surface area contributed by atoms with Crippen LogP contribution in [-0.2, 0) is 42.7 Å². The molecule has 7 aromatic carbocycles. The molecule has 9 aromatic rings. The van der Waals surface area contributed by atoms with Gasteiger partial charge in [-0.15, -0.1) is 53.8 Å². The second-order valence-corrected chi connectivity index (χ2v) is 21.6. The number of hydrogen-bond donors (Lipinski definition) is 0. The fourth-order valence-electron chi connectivity index (χ4n) is 9.74. The van der Waals surface area contributed by atoms with Gasteiger partial charge in [0.25, 0.3) is 0 Å². The van der Waals surface area contributed by atoms with E-state index in [0.717, 1.165) is 55.8 Å². The average molecular weight is 1100 g/mol. The van der Waals surface area contributed by atoms with Crippen LogP contribution in [0, 0.1) is 18.8 Å². The first kappa shape index (κ1) is 48.3. The Morgan fingerprint density at radius 1 is 0.529 bits per heavy atom. The molecule has 70 heavy (non-hydrogen) atoms. The number of benzene rings is 7.